The number of urea groups is 1. The van der Waals surface area contributed by atoms with Crippen molar-refractivity contribution in [3.05, 3.63) is 57.6 Å². The average Bonchev–Trinajstić information content (AvgIpc) is 2.51. The molecule has 0 unspecified atom stereocenters. The van der Waals surface area contributed by atoms with Crippen molar-refractivity contribution in [3.8, 4) is 0 Å². The van der Waals surface area contributed by atoms with Crippen molar-refractivity contribution in [2.75, 3.05) is 10.6 Å². The van der Waals surface area contributed by atoms with E-state index in [1.54, 1.807) is 18.2 Å². The van der Waals surface area contributed by atoms with Crippen LogP contribution < -0.4 is 10.6 Å². The minimum absolute atomic E-state index is 0.297. The Hall–Kier alpha value is -1.71. The second-order valence-electron chi connectivity index (χ2n) is 4.87. The number of nitrogens with one attached hydrogen (secondary N) is 2. The molecule has 0 fully saturated rings. The molecule has 22 heavy (non-hydrogen) atoms. The number of carbonyl (C=O) groups excluding carboxylic acids is 1. The zero-order valence-electron chi connectivity index (χ0n) is 12.5. The van der Waals surface area contributed by atoms with Crippen LogP contribution >= 0.6 is 23.2 Å². The normalized spacial score (nSPS) is 10.4. The van der Waals surface area contributed by atoms with Crippen LogP contribution in [0.3, 0.4) is 0 Å². The molecule has 0 saturated carbocycles. The van der Waals surface area contributed by atoms with Gasteiger partial charge in [-0.3, -0.25) is 0 Å². The predicted octanol–water partition coefficient (Wildman–Crippen LogP) is 5.76. The minimum atomic E-state index is -0.297. The fourth-order valence-corrected chi connectivity index (χ4v) is 2.55. The Bertz CT molecular complexity index is 664. The summed E-state index contributed by atoms with van der Waals surface area (Å²) < 4.78 is 0. The van der Waals surface area contributed by atoms with Gasteiger partial charge < -0.3 is 10.6 Å². The van der Waals surface area contributed by atoms with E-state index in [2.05, 4.69) is 24.5 Å². The van der Waals surface area contributed by atoms with E-state index < -0.39 is 0 Å². The quantitative estimate of drug-likeness (QED) is 0.731. The summed E-state index contributed by atoms with van der Waals surface area (Å²) in [7, 11) is 0. The molecule has 0 spiro atoms. The minimum Gasteiger partial charge on any atom is -0.308 e. The molecule has 2 rings (SSSR count). The summed E-state index contributed by atoms with van der Waals surface area (Å²) >= 11 is 11.8. The van der Waals surface area contributed by atoms with Crippen molar-refractivity contribution < 1.29 is 4.79 Å². The molecule has 0 heterocycles. The number of benzene rings is 2. The number of para-hydroxylation sites is 1. The van der Waals surface area contributed by atoms with Crippen molar-refractivity contribution >= 4 is 40.6 Å². The maximum atomic E-state index is 12.2. The second kappa shape index (κ2) is 7.52. The summed E-state index contributed by atoms with van der Waals surface area (Å²) in [5, 5.41) is 6.57. The lowest BCUT2D eigenvalue weighted by molar-refractivity contribution is 0.262. The van der Waals surface area contributed by atoms with Gasteiger partial charge >= 0.3 is 6.03 Å². The van der Waals surface area contributed by atoms with E-state index in [1.165, 1.54) is 0 Å². The highest BCUT2D eigenvalue weighted by Gasteiger charge is 2.10. The number of hydrogen-bond acceptors (Lipinski definition) is 1. The molecule has 0 saturated heterocycles. The van der Waals surface area contributed by atoms with Gasteiger partial charge in [0.1, 0.15) is 0 Å². The van der Waals surface area contributed by atoms with Crippen LogP contribution in [-0.2, 0) is 12.8 Å². The van der Waals surface area contributed by atoms with Crippen LogP contribution in [0, 0.1) is 0 Å². The number of amides is 2. The Morgan fingerprint density at radius 3 is 2.14 bits per heavy atom. The van der Waals surface area contributed by atoms with E-state index in [4.69, 9.17) is 23.2 Å². The zero-order chi connectivity index (χ0) is 16.1. The summed E-state index contributed by atoms with van der Waals surface area (Å²) in [5.74, 6) is 0. The fourth-order valence-electron chi connectivity index (χ4n) is 2.25. The number of hydrogen-bond donors (Lipinski definition) is 2. The molecule has 0 bridgehead atoms. The van der Waals surface area contributed by atoms with Crippen LogP contribution in [0.15, 0.2) is 36.4 Å². The predicted molar refractivity (Wildman–Crippen MR) is 94.3 cm³/mol. The van der Waals surface area contributed by atoms with Gasteiger partial charge in [0.25, 0.3) is 0 Å². The van der Waals surface area contributed by atoms with Crippen molar-refractivity contribution in [2.45, 2.75) is 26.7 Å². The Morgan fingerprint density at radius 1 is 0.955 bits per heavy atom. The summed E-state index contributed by atoms with van der Waals surface area (Å²) in [6, 6.07) is 10.7. The molecule has 5 heteroatoms. The van der Waals surface area contributed by atoms with E-state index in [1.807, 2.05) is 18.2 Å². The van der Waals surface area contributed by atoms with Gasteiger partial charge in [0.2, 0.25) is 0 Å². The third kappa shape index (κ3) is 3.93. The van der Waals surface area contributed by atoms with Crippen LogP contribution in [0.2, 0.25) is 10.0 Å². The maximum absolute atomic E-state index is 12.2. The first-order valence-electron chi connectivity index (χ1n) is 7.19. The molecular weight excluding hydrogens is 319 g/mol. The Kier molecular flexibility index (Phi) is 5.69. The van der Waals surface area contributed by atoms with Crippen LogP contribution in [0.5, 0.6) is 0 Å². The molecule has 116 valence electrons. The molecule has 2 amide bonds. The van der Waals surface area contributed by atoms with Gasteiger partial charge in [0.05, 0.1) is 10.0 Å². The second-order valence-corrected chi connectivity index (χ2v) is 5.68. The van der Waals surface area contributed by atoms with E-state index in [-0.39, 0.29) is 6.03 Å². The summed E-state index contributed by atoms with van der Waals surface area (Å²) in [6.45, 7) is 4.13. The molecule has 2 aromatic carbocycles. The average molecular weight is 337 g/mol. The molecule has 0 aliphatic carbocycles. The molecule has 3 nitrogen and oxygen atoms in total. The largest absolute Gasteiger partial charge is 0.323 e. The molecule has 2 aromatic rings. The molecule has 0 aliphatic heterocycles. The number of halogens is 2. The van der Waals surface area contributed by atoms with Gasteiger partial charge in [-0.15, -0.1) is 0 Å². The Labute approximate surface area is 140 Å². The highest BCUT2D eigenvalue weighted by atomic mass is 35.5. The lowest BCUT2D eigenvalue weighted by Crippen LogP contribution is -2.21. The number of rotatable bonds is 4. The lowest BCUT2D eigenvalue weighted by Gasteiger charge is -2.15. The Morgan fingerprint density at radius 2 is 1.59 bits per heavy atom. The first-order valence-corrected chi connectivity index (χ1v) is 7.94. The van der Waals surface area contributed by atoms with E-state index >= 15 is 0 Å². The lowest BCUT2D eigenvalue weighted by atomic mass is 10.0. The topological polar surface area (TPSA) is 41.1 Å². The van der Waals surface area contributed by atoms with Gasteiger partial charge in [-0.05, 0) is 42.2 Å². The maximum Gasteiger partial charge on any atom is 0.323 e. The van der Waals surface area contributed by atoms with E-state index in [0.29, 0.717) is 15.7 Å². The van der Waals surface area contributed by atoms with Crippen LogP contribution in [-0.4, -0.2) is 6.03 Å². The van der Waals surface area contributed by atoms with Crippen LogP contribution in [0.25, 0.3) is 0 Å². The summed E-state index contributed by atoms with van der Waals surface area (Å²) in [5.41, 5.74) is 3.70. The van der Waals surface area contributed by atoms with Crippen molar-refractivity contribution in [3.63, 3.8) is 0 Å². The highest BCUT2D eigenvalue weighted by Crippen LogP contribution is 2.26. The molecule has 0 atom stereocenters. The van der Waals surface area contributed by atoms with Gasteiger partial charge in [-0.25, -0.2) is 4.79 Å². The molecule has 0 aliphatic rings. The number of aryl methyl sites for hydroxylation is 2. The zero-order valence-corrected chi connectivity index (χ0v) is 14.1. The first-order chi connectivity index (χ1) is 10.5. The summed E-state index contributed by atoms with van der Waals surface area (Å²) in [4.78, 5) is 12.2. The van der Waals surface area contributed by atoms with Crippen LogP contribution in [0.4, 0.5) is 16.2 Å². The SMILES string of the molecule is CCc1cccc(CC)c1NC(=O)Nc1ccc(Cl)c(Cl)c1. The monoisotopic (exact) mass is 336 g/mol. The van der Waals surface area contributed by atoms with Gasteiger partial charge in [-0.1, -0.05) is 55.2 Å². The standard InChI is InChI=1S/C17H18Cl2N2O/c1-3-11-6-5-7-12(4-2)16(11)21-17(22)20-13-8-9-14(18)15(19)10-13/h5-10H,3-4H2,1-2H3,(H2,20,21,22). The van der Waals surface area contributed by atoms with Gasteiger partial charge in [0.15, 0.2) is 0 Å². The van der Waals surface area contributed by atoms with Gasteiger partial charge in [0, 0.05) is 11.4 Å². The molecule has 2 N–H and O–H groups in total. The smallest absolute Gasteiger partial charge is 0.308 e. The third-order valence-corrected chi connectivity index (χ3v) is 4.15. The number of carbonyl (C=O) groups is 1. The molecule has 0 radical (unpaired) electrons. The Balaban J connectivity index is 2.17. The van der Waals surface area contributed by atoms with E-state index in [9.17, 15) is 4.79 Å². The molecular formula is C17H18Cl2N2O. The van der Waals surface area contributed by atoms with Gasteiger partial charge in [-0.2, -0.15) is 0 Å². The van der Waals surface area contributed by atoms with Crippen molar-refractivity contribution in [2.24, 2.45) is 0 Å². The van der Waals surface area contributed by atoms with Crippen molar-refractivity contribution in [1.29, 1.82) is 0 Å². The first kappa shape index (κ1) is 16.7. The third-order valence-electron chi connectivity index (χ3n) is 3.41. The van der Waals surface area contributed by atoms with Crippen LogP contribution in [0.1, 0.15) is 25.0 Å². The molecule has 0 aromatic heterocycles. The van der Waals surface area contributed by atoms with Crippen molar-refractivity contribution in [1.82, 2.24) is 0 Å². The number of anilines is 2. The van der Waals surface area contributed by atoms with E-state index in [0.717, 1.165) is 29.7 Å². The highest BCUT2D eigenvalue weighted by molar-refractivity contribution is 6.42. The summed E-state index contributed by atoms with van der Waals surface area (Å²) in [6.07, 6.45) is 1.71. The fraction of sp³-hybridized carbons (Fsp3) is 0.235.